The monoisotopic (exact) mass is 464 g/mol. The van der Waals surface area contributed by atoms with Gasteiger partial charge in [0.25, 0.3) is 0 Å². The molecule has 1 fully saturated rings. The fourth-order valence-electron chi connectivity index (χ4n) is 4.04. The molecule has 0 radical (unpaired) electrons. The first-order chi connectivity index (χ1) is 16.0. The minimum Gasteiger partial charge on any atom is -0.466 e. The van der Waals surface area contributed by atoms with Gasteiger partial charge in [-0.1, -0.05) is 48.5 Å². The number of amidine groups is 1. The maximum absolute atomic E-state index is 12.8. The summed E-state index contributed by atoms with van der Waals surface area (Å²) in [4.78, 5) is 32.1. The summed E-state index contributed by atoms with van der Waals surface area (Å²) in [6.07, 6.45) is 1.67. The van der Waals surface area contributed by atoms with Gasteiger partial charge >= 0.3 is 12.0 Å². The van der Waals surface area contributed by atoms with Gasteiger partial charge in [0.2, 0.25) is 0 Å². The maximum Gasteiger partial charge on any atom is 0.338 e. The summed E-state index contributed by atoms with van der Waals surface area (Å²) in [5.41, 5.74) is 4.84. The van der Waals surface area contributed by atoms with E-state index in [2.05, 4.69) is 15.5 Å². The quantitative estimate of drug-likeness (QED) is 0.585. The number of allylic oxidation sites excluding steroid dienone is 1. The number of esters is 1. The summed E-state index contributed by atoms with van der Waals surface area (Å²) in [5, 5.41) is 6.65. The number of methoxy groups -OCH3 is 1. The van der Waals surface area contributed by atoms with E-state index in [-0.39, 0.29) is 18.0 Å². The molecule has 33 heavy (non-hydrogen) atoms. The van der Waals surface area contributed by atoms with Crippen LogP contribution in [0.5, 0.6) is 0 Å². The molecule has 0 aromatic heterocycles. The predicted octanol–water partition coefficient (Wildman–Crippen LogP) is 5.33. The fraction of sp³-hybridized carbons (Fsp3) is 0.320. The van der Waals surface area contributed by atoms with Crippen molar-refractivity contribution in [1.82, 2.24) is 4.90 Å². The molecule has 2 N–H and O–H groups in total. The van der Waals surface area contributed by atoms with E-state index in [0.717, 1.165) is 46.4 Å². The van der Waals surface area contributed by atoms with Crippen LogP contribution in [-0.2, 0) is 9.53 Å². The van der Waals surface area contributed by atoms with Crippen molar-refractivity contribution in [2.75, 3.05) is 30.0 Å². The fourth-order valence-corrected chi connectivity index (χ4v) is 5.03. The zero-order valence-electron chi connectivity index (χ0n) is 19.1. The highest BCUT2D eigenvalue weighted by Gasteiger charge is 2.38. The van der Waals surface area contributed by atoms with Crippen molar-refractivity contribution in [2.24, 2.45) is 4.99 Å². The first kappa shape index (κ1) is 22.9. The van der Waals surface area contributed by atoms with Gasteiger partial charge in [-0.05, 0) is 49.6 Å². The molecule has 0 aliphatic carbocycles. The van der Waals surface area contributed by atoms with Crippen LogP contribution in [0.1, 0.15) is 36.9 Å². The van der Waals surface area contributed by atoms with Crippen LogP contribution >= 0.6 is 11.8 Å². The Morgan fingerprint density at radius 2 is 1.73 bits per heavy atom. The minimum atomic E-state index is -0.352. The van der Waals surface area contributed by atoms with E-state index in [4.69, 9.17) is 9.73 Å². The Labute approximate surface area is 198 Å². The molecule has 0 spiro atoms. The zero-order valence-corrected chi connectivity index (χ0v) is 19.9. The van der Waals surface area contributed by atoms with Crippen LogP contribution < -0.4 is 10.6 Å². The minimum absolute atomic E-state index is 0.261. The highest BCUT2D eigenvalue weighted by molar-refractivity contribution is 8.13. The summed E-state index contributed by atoms with van der Waals surface area (Å²) in [7, 11) is 1.41. The summed E-state index contributed by atoms with van der Waals surface area (Å²) in [6.45, 7) is 4.83. The number of thioether (sulfide) groups is 1. The Hall–Kier alpha value is -3.26. The van der Waals surface area contributed by atoms with Crippen LogP contribution in [0.2, 0.25) is 0 Å². The second-order valence-electron chi connectivity index (χ2n) is 7.96. The van der Waals surface area contributed by atoms with Crippen molar-refractivity contribution in [3.63, 3.8) is 0 Å². The van der Waals surface area contributed by atoms with Gasteiger partial charge in [0.1, 0.15) is 0 Å². The molecular formula is C25H28N4O3S. The van der Waals surface area contributed by atoms with E-state index in [1.54, 1.807) is 11.8 Å². The molecule has 0 bridgehead atoms. The smallest absolute Gasteiger partial charge is 0.338 e. The van der Waals surface area contributed by atoms with Gasteiger partial charge in [-0.15, -0.1) is 0 Å². The number of amides is 2. The number of rotatable bonds is 5. The molecule has 2 aliphatic heterocycles. The van der Waals surface area contributed by atoms with Gasteiger partial charge in [0.15, 0.2) is 5.17 Å². The third-order valence-corrected chi connectivity index (χ3v) is 6.76. The predicted molar refractivity (Wildman–Crippen MR) is 134 cm³/mol. The molecule has 2 amide bonds. The molecule has 1 atom stereocenters. The number of aliphatic imine (C=N–C) groups is 1. The Balaban J connectivity index is 1.56. The van der Waals surface area contributed by atoms with E-state index in [1.807, 2.05) is 62.4 Å². The van der Waals surface area contributed by atoms with Crippen molar-refractivity contribution in [2.45, 2.75) is 32.7 Å². The van der Waals surface area contributed by atoms with E-state index in [9.17, 15) is 9.59 Å². The van der Waals surface area contributed by atoms with E-state index in [0.29, 0.717) is 17.7 Å². The molecule has 1 saturated heterocycles. The van der Waals surface area contributed by atoms with Gasteiger partial charge in [0, 0.05) is 23.7 Å². The number of nitrogens with zero attached hydrogens (tertiary/aromatic N) is 2. The van der Waals surface area contributed by atoms with Gasteiger partial charge in [-0.3, -0.25) is 0 Å². The molecular weight excluding hydrogens is 436 g/mol. The maximum atomic E-state index is 12.8. The number of anilines is 2. The first-order valence-electron chi connectivity index (χ1n) is 11.0. The van der Waals surface area contributed by atoms with E-state index < -0.39 is 0 Å². The van der Waals surface area contributed by atoms with E-state index in [1.165, 1.54) is 7.11 Å². The third-order valence-electron chi connectivity index (χ3n) is 5.68. The Kier molecular flexibility index (Phi) is 7.03. The van der Waals surface area contributed by atoms with Gasteiger partial charge in [0.05, 0.1) is 24.4 Å². The van der Waals surface area contributed by atoms with Gasteiger partial charge in [-0.2, -0.15) is 0 Å². The first-order valence-corrected chi connectivity index (χ1v) is 12.0. The Morgan fingerprint density at radius 1 is 1.09 bits per heavy atom. The van der Waals surface area contributed by atoms with Crippen LogP contribution in [-0.4, -0.2) is 41.5 Å². The largest absolute Gasteiger partial charge is 0.466 e. The number of urea groups is 1. The molecule has 172 valence electrons. The van der Waals surface area contributed by atoms with Crippen LogP contribution in [0.4, 0.5) is 16.2 Å². The van der Waals surface area contributed by atoms with Crippen LogP contribution in [0.3, 0.4) is 0 Å². The number of aryl methyl sites for hydroxylation is 1. The number of hydrogen-bond acceptors (Lipinski definition) is 6. The Morgan fingerprint density at radius 3 is 2.33 bits per heavy atom. The second kappa shape index (κ2) is 10.1. The van der Waals surface area contributed by atoms with Crippen molar-refractivity contribution < 1.29 is 14.3 Å². The molecule has 1 unspecified atom stereocenters. The topological polar surface area (TPSA) is 83.0 Å². The number of hydrogen-bond donors (Lipinski definition) is 2. The molecule has 2 aromatic carbocycles. The lowest BCUT2D eigenvalue weighted by molar-refractivity contribution is -0.136. The van der Waals surface area contributed by atoms with Crippen molar-refractivity contribution in [1.29, 1.82) is 0 Å². The lowest BCUT2D eigenvalue weighted by Gasteiger charge is -2.40. The number of nitrogens with one attached hydrogen (secondary N) is 2. The molecule has 4 rings (SSSR count). The average molecular weight is 465 g/mol. The molecule has 8 heteroatoms. The average Bonchev–Trinajstić information content (AvgIpc) is 2.84. The number of fused-ring (bicyclic) bond motifs is 1. The van der Waals surface area contributed by atoms with Gasteiger partial charge < -0.3 is 20.3 Å². The highest BCUT2D eigenvalue weighted by atomic mass is 32.2. The molecule has 0 saturated carbocycles. The summed E-state index contributed by atoms with van der Waals surface area (Å²) < 4.78 is 5.13. The van der Waals surface area contributed by atoms with Crippen LogP contribution in [0.15, 0.2) is 64.8 Å². The van der Waals surface area contributed by atoms with Crippen LogP contribution in [0.25, 0.3) is 0 Å². The standard InChI is InChI=1S/C25H28N4O3S/c1-4-20-21(23(30)32-3)22(29-14-5-15-33-25(29)28-20)17-8-12-19(13-9-17)27-24(31)26-18-10-6-16(2)7-11-18/h6-13,22H,4-5,14-15H2,1-3H3,(H2,26,27,31). The highest BCUT2D eigenvalue weighted by Crippen LogP contribution is 2.40. The molecule has 7 nitrogen and oxygen atoms in total. The zero-order chi connectivity index (χ0) is 23.4. The lowest BCUT2D eigenvalue weighted by Crippen LogP contribution is -2.42. The molecule has 2 aliphatic rings. The summed E-state index contributed by atoms with van der Waals surface area (Å²) in [6, 6.07) is 14.7. The van der Waals surface area contributed by atoms with Crippen LogP contribution in [0, 0.1) is 6.92 Å². The number of benzene rings is 2. The molecule has 2 heterocycles. The second-order valence-corrected chi connectivity index (χ2v) is 9.03. The normalized spacial score (nSPS) is 17.7. The Bertz CT molecular complexity index is 1090. The van der Waals surface area contributed by atoms with Crippen molar-refractivity contribution >= 4 is 40.3 Å². The third kappa shape index (κ3) is 5.06. The number of carbonyl (C=O) groups is 2. The van der Waals surface area contributed by atoms with E-state index >= 15 is 0 Å². The van der Waals surface area contributed by atoms with Gasteiger partial charge in [-0.25, -0.2) is 14.6 Å². The SMILES string of the molecule is CCC1=C(C(=O)OC)C(c2ccc(NC(=O)Nc3ccc(C)cc3)cc2)N2CCCSC2=N1. The number of carbonyl (C=O) groups excluding carboxylic acids is 2. The lowest BCUT2D eigenvalue weighted by atomic mass is 9.93. The van der Waals surface area contributed by atoms with Crippen molar-refractivity contribution in [3.05, 3.63) is 70.9 Å². The summed E-state index contributed by atoms with van der Waals surface area (Å²) in [5.74, 6) is 0.667. The van der Waals surface area contributed by atoms with Crippen molar-refractivity contribution in [3.8, 4) is 0 Å². The number of ether oxygens (including phenoxy) is 1. The summed E-state index contributed by atoms with van der Waals surface area (Å²) >= 11 is 1.72. The molecule has 2 aromatic rings.